The van der Waals surface area contributed by atoms with Gasteiger partial charge < -0.3 is 4.52 Å². The number of phosphoric acid groups is 1. The van der Waals surface area contributed by atoms with Crippen molar-refractivity contribution in [1.82, 2.24) is 0 Å². The van der Waals surface area contributed by atoms with Crippen LogP contribution in [0.2, 0.25) is 0 Å². The molecular weight excluding hydrogens is 239 g/mol. The van der Waals surface area contributed by atoms with E-state index in [9.17, 15) is 4.57 Å². The van der Waals surface area contributed by atoms with E-state index in [4.69, 9.17) is 9.79 Å². The van der Waals surface area contributed by atoms with E-state index in [1.54, 1.807) is 6.08 Å². The molecule has 2 N–H and O–H groups in total. The molecule has 0 unspecified atom stereocenters. The second kappa shape index (κ2) is 10.8. The number of allylic oxidation sites excluding steroid dienone is 1. The fourth-order valence-electron chi connectivity index (χ4n) is 1.59. The number of rotatable bonds is 11. The molecule has 0 aliphatic rings. The second-order valence-corrected chi connectivity index (χ2v) is 5.42. The minimum Gasteiger partial charge on any atom is -0.413 e. The van der Waals surface area contributed by atoms with E-state index >= 15 is 0 Å². The van der Waals surface area contributed by atoms with Gasteiger partial charge in [-0.25, -0.2) is 4.57 Å². The van der Waals surface area contributed by atoms with Gasteiger partial charge in [0.1, 0.15) is 0 Å². The van der Waals surface area contributed by atoms with Gasteiger partial charge in [-0.15, -0.1) is 0 Å². The third-order valence-electron chi connectivity index (χ3n) is 2.52. The normalized spacial score (nSPS) is 12.2. The van der Waals surface area contributed by atoms with Crippen LogP contribution in [0.5, 0.6) is 0 Å². The van der Waals surface area contributed by atoms with Gasteiger partial charge in [0.05, 0.1) is 6.26 Å². The van der Waals surface area contributed by atoms with Crippen molar-refractivity contribution in [1.29, 1.82) is 0 Å². The van der Waals surface area contributed by atoms with E-state index in [1.807, 2.05) is 0 Å². The SMILES string of the molecule is CCCCCCCCCC/C=C/OP(=O)(O)O. The van der Waals surface area contributed by atoms with Crippen LogP contribution in [0.1, 0.15) is 64.7 Å². The molecule has 0 aliphatic heterocycles. The molecule has 0 amide bonds. The van der Waals surface area contributed by atoms with Crippen LogP contribution in [0.4, 0.5) is 0 Å². The Morgan fingerprint density at radius 1 is 1.00 bits per heavy atom. The number of unbranched alkanes of at least 4 members (excludes halogenated alkanes) is 8. The van der Waals surface area contributed by atoms with Crippen molar-refractivity contribution in [2.24, 2.45) is 0 Å². The Kier molecular flexibility index (Phi) is 10.6. The minimum absolute atomic E-state index is 0.814. The minimum atomic E-state index is -4.33. The van der Waals surface area contributed by atoms with E-state index in [1.165, 1.54) is 44.9 Å². The molecule has 0 spiro atoms. The highest BCUT2D eigenvalue weighted by molar-refractivity contribution is 7.46. The summed E-state index contributed by atoms with van der Waals surface area (Å²) in [5, 5.41) is 0. The zero-order valence-electron chi connectivity index (χ0n) is 10.7. The van der Waals surface area contributed by atoms with Crippen molar-refractivity contribution in [3.63, 3.8) is 0 Å². The fraction of sp³-hybridized carbons (Fsp3) is 0.833. The van der Waals surface area contributed by atoms with Crippen molar-refractivity contribution in [2.75, 3.05) is 0 Å². The average molecular weight is 264 g/mol. The van der Waals surface area contributed by atoms with E-state index in [0.29, 0.717) is 0 Å². The lowest BCUT2D eigenvalue weighted by Crippen LogP contribution is -1.81. The zero-order chi connectivity index (χ0) is 13.0. The van der Waals surface area contributed by atoms with Crippen molar-refractivity contribution < 1.29 is 18.9 Å². The van der Waals surface area contributed by atoms with Crippen LogP contribution < -0.4 is 0 Å². The first-order valence-corrected chi connectivity index (χ1v) is 7.98. The van der Waals surface area contributed by atoms with Gasteiger partial charge in [-0.05, 0) is 18.9 Å². The fourth-order valence-corrected chi connectivity index (χ4v) is 1.83. The molecule has 4 nitrogen and oxygen atoms in total. The lowest BCUT2D eigenvalue weighted by Gasteiger charge is -2.01. The summed E-state index contributed by atoms with van der Waals surface area (Å²) in [5.74, 6) is 0. The van der Waals surface area contributed by atoms with E-state index in [-0.39, 0.29) is 0 Å². The predicted molar refractivity (Wildman–Crippen MR) is 69.5 cm³/mol. The van der Waals surface area contributed by atoms with Gasteiger partial charge >= 0.3 is 7.82 Å². The second-order valence-electron chi connectivity index (χ2n) is 4.23. The Bertz CT molecular complexity index is 235. The predicted octanol–water partition coefficient (Wildman–Crippen LogP) is 4.14. The summed E-state index contributed by atoms with van der Waals surface area (Å²) in [6.07, 6.45) is 13.6. The zero-order valence-corrected chi connectivity index (χ0v) is 11.6. The van der Waals surface area contributed by atoms with E-state index in [2.05, 4.69) is 11.4 Å². The summed E-state index contributed by atoms with van der Waals surface area (Å²) in [6, 6.07) is 0. The molecule has 0 fully saturated rings. The molecule has 0 aliphatic carbocycles. The van der Waals surface area contributed by atoms with Gasteiger partial charge in [-0.2, -0.15) is 0 Å². The van der Waals surface area contributed by atoms with Crippen LogP contribution >= 0.6 is 7.82 Å². The Hall–Kier alpha value is -0.310. The van der Waals surface area contributed by atoms with Crippen molar-refractivity contribution >= 4 is 7.82 Å². The number of hydrogen-bond donors (Lipinski definition) is 2. The molecule has 102 valence electrons. The van der Waals surface area contributed by atoms with Gasteiger partial charge in [0, 0.05) is 0 Å². The smallest absolute Gasteiger partial charge is 0.413 e. The first-order chi connectivity index (χ1) is 8.06. The van der Waals surface area contributed by atoms with Crippen molar-refractivity contribution in [3.8, 4) is 0 Å². The molecule has 0 saturated heterocycles. The summed E-state index contributed by atoms with van der Waals surface area (Å²) in [6.45, 7) is 2.21. The molecule has 0 bridgehead atoms. The quantitative estimate of drug-likeness (QED) is 0.334. The summed E-state index contributed by atoms with van der Waals surface area (Å²) in [4.78, 5) is 16.8. The average Bonchev–Trinajstić information content (AvgIpc) is 2.24. The highest BCUT2D eigenvalue weighted by atomic mass is 31.2. The number of phosphoric ester groups is 1. The molecule has 0 rings (SSSR count). The highest BCUT2D eigenvalue weighted by Crippen LogP contribution is 2.35. The third kappa shape index (κ3) is 15.7. The van der Waals surface area contributed by atoms with Crippen LogP contribution in [-0.4, -0.2) is 9.79 Å². The Balaban J connectivity index is 3.16. The summed E-state index contributed by atoms with van der Waals surface area (Å²) >= 11 is 0. The monoisotopic (exact) mass is 264 g/mol. The van der Waals surface area contributed by atoms with Crippen molar-refractivity contribution in [3.05, 3.63) is 12.3 Å². The molecule has 5 heteroatoms. The van der Waals surface area contributed by atoms with E-state index in [0.717, 1.165) is 19.1 Å². The third-order valence-corrected chi connectivity index (χ3v) is 2.92. The van der Waals surface area contributed by atoms with Gasteiger partial charge in [-0.3, -0.25) is 9.79 Å². The molecule has 17 heavy (non-hydrogen) atoms. The maximum atomic E-state index is 10.3. The molecular formula is C12H25O4P. The van der Waals surface area contributed by atoms with Crippen LogP contribution in [0.25, 0.3) is 0 Å². The highest BCUT2D eigenvalue weighted by Gasteiger charge is 2.10. The standard InChI is InChI=1S/C12H25O4P/c1-2-3-4-5-6-7-8-9-10-11-12-16-17(13,14)15/h11-12H,2-10H2,1H3,(H2,13,14,15)/b12-11+. The molecule has 0 aromatic carbocycles. The van der Waals surface area contributed by atoms with Gasteiger partial charge in [-0.1, -0.05) is 51.9 Å². The number of hydrogen-bond acceptors (Lipinski definition) is 2. The molecule has 0 aromatic rings. The maximum Gasteiger partial charge on any atom is 0.524 e. The van der Waals surface area contributed by atoms with Crippen LogP contribution in [-0.2, 0) is 9.09 Å². The largest absolute Gasteiger partial charge is 0.524 e. The topological polar surface area (TPSA) is 66.8 Å². The molecule has 0 aromatic heterocycles. The van der Waals surface area contributed by atoms with Gasteiger partial charge in [0.2, 0.25) is 0 Å². The van der Waals surface area contributed by atoms with Crippen LogP contribution in [0, 0.1) is 0 Å². The van der Waals surface area contributed by atoms with Gasteiger partial charge in [0.25, 0.3) is 0 Å². The van der Waals surface area contributed by atoms with Crippen LogP contribution in [0.15, 0.2) is 12.3 Å². The molecule has 0 heterocycles. The Morgan fingerprint density at radius 3 is 2.06 bits per heavy atom. The Morgan fingerprint density at radius 2 is 1.53 bits per heavy atom. The summed E-state index contributed by atoms with van der Waals surface area (Å²) < 4.78 is 14.5. The Labute approximate surface area is 104 Å². The lowest BCUT2D eigenvalue weighted by molar-refractivity contribution is 0.258. The van der Waals surface area contributed by atoms with Crippen molar-refractivity contribution in [2.45, 2.75) is 64.7 Å². The first-order valence-electron chi connectivity index (χ1n) is 6.45. The van der Waals surface area contributed by atoms with E-state index < -0.39 is 7.82 Å². The lowest BCUT2D eigenvalue weighted by atomic mass is 10.1. The first kappa shape index (κ1) is 16.7. The molecule has 0 atom stereocenters. The van der Waals surface area contributed by atoms with Gasteiger partial charge in [0.15, 0.2) is 0 Å². The molecule has 0 saturated carbocycles. The molecule has 0 radical (unpaired) electrons. The summed E-state index contributed by atoms with van der Waals surface area (Å²) in [5.41, 5.74) is 0. The maximum absolute atomic E-state index is 10.3. The van der Waals surface area contributed by atoms with Crippen LogP contribution in [0.3, 0.4) is 0 Å². The summed E-state index contributed by atoms with van der Waals surface area (Å²) in [7, 11) is -4.33.